The Morgan fingerprint density at radius 2 is 1.63 bits per heavy atom. The maximum absolute atomic E-state index is 11.9. The Morgan fingerprint density at radius 3 is 1.95 bits per heavy atom. The molecule has 0 aliphatic heterocycles. The average Bonchev–Trinajstić information content (AvgIpc) is 2.33. The molecule has 0 atom stereocenters. The van der Waals surface area contributed by atoms with E-state index in [1.54, 1.807) is 13.8 Å². The molecule has 19 heavy (non-hydrogen) atoms. The molecule has 0 radical (unpaired) electrons. The van der Waals surface area contributed by atoms with Crippen LogP contribution in [-0.2, 0) is 19.1 Å². The van der Waals surface area contributed by atoms with Crippen molar-refractivity contribution in [2.75, 3.05) is 7.11 Å². The van der Waals surface area contributed by atoms with E-state index in [1.165, 1.54) is 21.0 Å². The molecular weight excluding hydrogens is 250 g/mol. The van der Waals surface area contributed by atoms with Crippen LogP contribution in [-0.4, -0.2) is 35.6 Å². The summed E-state index contributed by atoms with van der Waals surface area (Å²) < 4.78 is 4.58. The highest BCUT2D eigenvalue weighted by Gasteiger charge is 2.39. The van der Waals surface area contributed by atoms with Crippen molar-refractivity contribution in [3.63, 3.8) is 0 Å². The molecule has 0 bridgehead atoms. The molecule has 1 amide bonds. The number of hydrogen-bond acceptors (Lipinski definition) is 4. The van der Waals surface area contributed by atoms with E-state index in [4.69, 9.17) is 0 Å². The SMILES string of the molecule is CCC(CC)(CC(=O)NC(C)(C)C(=O)OC)C(=O)O. The van der Waals surface area contributed by atoms with Crippen LogP contribution in [0.2, 0.25) is 0 Å². The van der Waals surface area contributed by atoms with Gasteiger partial charge in [-0.25, -0.2) is 4.79 Å². The van der Waals surface area contributed by atoms with Gasteiger partial charge in [0, 0.05) is 6.42 Å². The summed E-state index contributed by atoms with van der Waals surface area (Å²) in [5.41, 5.74) is -2.26. The predicted molar refractivity (Wildman–Crippen MR) is 69.5 cm³/mol. The second kappa shape index (κ2) is 6.54. The number of carboxylic acids is 1. The van der Waals surface area contributed by atoms with Crippen LogP contribution < -0.4 is 5.32 Å². The molecular formula is C13H23NO5. The van der Waals surface area contributed by atoms with Gasteiger partial charge in [0.1, 0.15) is 5.54 Å². The molecule has 0 aliphatic carbocycles. The molecule has 0 unspecified atom stereocenters. The molecule has 0 aliphatic rings. The highest BCUT2D eigenvalue weighted by Crippen LogP contribution is 2.31. The highest BCUT2D eigenvalue weighted by atomic mass is 16.5. The lowest BCUT2D eigenvalue weighted by atomic mass is 9.79. The van der Waals surface area contributed by atoms with Crippen LogP contribution >= 0.6 is 0 Å². The van der Waals surface area contributed by atoms with Crippen molar-refractivity contribution in [3.8, 4) is 0 Å². The number of ether oxygens (including phenoxy) is 1. The summed E-state index contributed by atoms with van der Waals surface area (Å²) in [6, 6.07) is 0. The monoisotopic (exact) mass is 273 g/mol. The van der Waals surface area contributed by atoms with E-state index in [0.29, 0.717) is 12.8 Å². The first-order chi connectivity index (χ1) is 8.65. The van der Waals surface area contributed by atoms with Gasteiger partial charge in [0.15, 0.2) is 0 Å². The third-order valence-electron chi connectivity index (χ3n) is 3.45. The normalized spacial score (nSPS) is 11.8. The van der Waals surface area contributed by atoms with Crippen molar-refractivity contribution in [2.45, 2.75) is 52.5 Å². The van der Waals surface area contributed by atoms with E-state index in [-0.39, 0.29) is 6.42 Å². The van der Waals surface area contributed by atoms with Crippen molar-refractivity contribution in [2.24, 2.45) is 5.41 Å². The van der Waals surface area contributed by atoms with Gasteiger partial charge in [-0.2, -0.15) is 0 Å². The predicted octanol–water partition coefficient (Wildman–Crippen LogP) is 1.34. The van der Waals surface area contributed by atoms with Crippen molar-refractivity contribution in [3.05, 3.63) is 0 Å². The number of amides is 1. The molecule has 6 heteroatoms. The van der Waals surface area contributed by atoms with Gasteiger partial charge in [-0.15, -0.1) is 0 Å². The zero-order valence-corrected chi connectivity index (χ0v) is 12.2. The summed E-state index contributed by atoms with van der Waals surface area (Å²) in [6.45, 7) is 6.49. The maximum Gasteiger partial charge on any atom is 0.330 e. The molecule has 0 aromatic rings. The first-order valence-electron chi connectivity index (χ1n) is 6.28. The molecule has 6 nitrogen and oxygen atoms in total. The van der Waals surface area contributed by atoms with Gasteiger partial charge in [-0.1, -0.05) is 13.8 Å². The van der Waals surface area contributed by atoms with Crippen molar-refractivity contribution >= 4 is 17.8 Å². The number of rotatable bonds is 7. The summed E-state index contributed by atoms with van der Waals surface area (Å²) in [5, 5.41) is 11.8. The number of carboxylic acid groups (broad SMARTS) is 1. The summed E-state index contributed by atoms with van der Waals surface area (Å²) in [4.78, 5) is 34.7. The Bertz CT molecular complexity index is 358. The van der Waals surface area contributed by atoms with Gasteiger partial charge in [0.25, 0.3) is 0 Å². The van der Waals surface area contributed by atoms with Gasteiger partial charge < -0.3 is 15.2 Å². The zero-order valence-electron chi connectivity index (χ0n) is 12.2. The van der Waals surface area contributed by atoms with Gasteiger partial charge in [0.05, 0.1) is 12.5 Å². The number of methoxy groups -OCH3 is 1. The lowest BCUT2D eigenvalue weighted by Crippen LogP contribution is -2.51. The average molecular weight is 273 g/mol. The third kappa shape index (κ3) is 4.22. The number of aliphatic carboxylic acids is 1. The highest BCUT2D eigenvalue weighted by molar-refractivity contribution is 5.90. The fraction of sp³-hybridized carbons (Fsp3) is 0.769. The summed E-state index contributed by atoms with van der Waals surface area (Å²) in [5.74, 6) is -2.04. The van der Waals surface area contributed by atoms with E-state index in [9.17, 15) is 19.5 Å². The maximum atomic E-state index is 11.9. The number of hydrogen-bond donors (Lipinski definition) is 2. The fourth-order valence-corrected chi connectivity index (χ4v) is 1.88. The molecule has 0 saturated heterocycles. The Hall–Kier alpha value is -1.59. The minimum absolute atomic E-state index is 0.157. The zero-order chi connectivity index (χ0) is 15.3. The number of esters is 1. The summed E-state index contributed by atoms with van der Waals surface area (Å²) in [7, 11) is 1.23. The molecule has 0 aromatic heterocycles. The molecule has 110 valence electrons. The van der Waals surface area contributed by atoms with Crippen LogP contribution in [0.5, 0.6) is 0 Å². The lowest BCUT2D eigenvalue weighted by molar-refractivity contribution is -0.154. The largest absolute Gasteiger partial charge is 0.481 e. The molecule has 0 saturated carbocycles. The molecule has 0 rings (SSSR count). The van der Waals surface area contributed by atoms with Crippen molar-refractivity contribution < 1.29 is 24.2 Å². The first kappa shape index (κ1) is 17.4. The Labute approximate surface area is 113 Å². The molecule has 0 spiro atoms. The standard InChI is InChI=1S/C13H23NO5/c1-6-13(7-2,10(16)17)8-9(15)14-12(3,4)11(18)19-5/h6-8H2,1-5H3,(H,14,15)(H,16,17). The van der Waals surface area contributed by atoms with Crippen LogP contribution in [0.15, 0.2) is 0 Å². The van der Waals surface area contributed by atoms with Crippen LogP contribution in [0.3, 0.4) is 0 Å². The summed E-state index contributed by atoms with van der Waals surface area (Å²) in [6.07, 6.45) is 0.547. The lowest BCUT2D eigenvalue weighted by Gasteiger charge is -2.29. The van der Waals surface area contributed by atoms with E-state index in [0.717, 1.165) is 0 Å². The number of carbonyl (C=O) groups excluding carboxylic acids is 2. The van der Waals surface area contributed by atoms with Gasteiger partial charge >= 0.3 is 11.9 Å². The second-order valence-electron chi connectivity index (χ2n) is 5.13. The van der Waals surface area contributed by atoms with Crippen LogP contribution in [0.4, 0.5) is 0 Å². The van der Waals surface area contributed by atoms with Crippen LogP contribution in [0.1, 0.15) is 47.0 Å². The van der Waals surface area contributed by atoms with Crippen LogP contribution in [0, 0.1) is 5.41 Å². The third-order valence-corrected chi connectivity index (χ3v) is 3.45. The van der Waals surface area contributed by atoms with E-state index >= 15 is 0 Å². The fourth-order valence-electron chi connectivity index (χ4n) is 1.88. The van der Waals surface area contributed by atoms with Gasteiger partial charge in [0.2, 0.25) is 5.91 Å². The van der Waals surface area contributed by atoms with Gasteiger partial charge in [-0.3, -0.25) is 9.59 Å². The van der Waals surface area contributed by atoms with E-state index in [2.05, 4.69) is 10.1 Å². The Kier molecular flexibility index (Phi) is 5.99. The second-order valence-corrected chi connectivity index (χ2v) is 5.13. The number of nitrogens with one attached hydrogen (secondary N) is 1. The topological polar surface area (TPSA) is 92.7 Å². The minimum Gasteiger partial charge on any atom is -0.481 e. The molecule has 0 fully saturated rings. The van der Waals surface area contributed by atoms with Crippen molar-refractivity contribution in [1.29, 1.82) is 0 Å². The molecule has 0 aromatic carbocycles. The van der Waals surface area contributed by atoms with Crippen LogP contribution in [0.25, 0.3) is 0 Å². The summed E-state index contributed by atoms with van der Waals surface area (Å²) >= 11 is 0. The smallest absolute Gasteiger partial charge is 0.330 e. The quantitative estimate of drug-likeness (QED) is 0.683. The van der Waals surface area contributed by atoms with E-state index < -0.39 is 28.8 Å². The van der Waals surface area contributed by atoms with Gasteiger partial charge in [-0.05, 0) is 26.7 Å². The Balaban J connectivity index is 4.87. The Morgan fingerprint density at radius 1 is 1.16 bits per heavy atom. The van der Waals surface area contributed by atoms with E-state index in [1.807, 2.05) is 0 Å². The van der Waals surface area contributed by atoms with Crippen molar-refractivity contribution in [1.82, 2.24) is 5.32 Å². The first-order valence-corrected chi connectivity index (χ1v) is 6.28. The number of carbonyl (C=O) groups is 3. The molecule has 2 N–H and O–H groups in total. The minimum atomic E-state index is -1.17. The molecule has 0 heterocycles.